The molecule has 1 amide bonds. The van der Waals surface area contributed by atoms with Crippen molar-refractivity contribution in [2.75, 3.05) is 7.05 Å². The first-order chi connectivity index (χ1) is 7.04. The van der Waals surface area contributed by atoms with Crippen molar-refractivity contribution in [1.29, 1.82) is 0 Å². The number of rotatable bonds is 3. The van der Waals surface area contributed by atoms with Crippen molar-refractivity contribution >= 4 is 17.5 Å². The van der Waals surface area contributed by atoms with Crippen molar-refractivity contribution < 1.29 is 9.53 Å². The second-order valence-electron chi connectivity index (χ2n) is 3.29. The highest BCUT2D eigenvalue weighted by Crippen LogP contribution is 2.21. The SMILES string of the molecule is CNC(=O)C(C)Oc1ccc(Cl)c(C)c1. The molecule has 82 valence electrons. The maximum Gasteiger partial charge on any atom is 0.260 e. The summed E-state index contributed by atoms with van der Waals surface area (Å²) in [6.45, 7) is 3.59. The Balaban J connectivity index is 2.73. The molecule has 1 aromatic carbocycles. The standard InChI is InChI=1S/C11H14ClNO2/c1-7-6-9(4-5-10(7)12)15-8(2)11(14)13-3/h4-6,8H,1-3H3,(H,13,14). The summed E-state index contributed by atoms with van der Waals surface area (Å²) in [5, 5.41) is 3.21. The maximum absolute atomic E-state index is 11.2. The third-order valence-electron chi connectivity index (χ3n) is 2.06. The summed E-state index contributed by atoms with van der Waals surface area (Å²) < 4.78 is 5.43. The van der Waals surface area contributed by atoms with Gasteiger partial charge in [-0.3, -0.25) is 4.79 Å². The number of ether oxygens (including phenoxy) is 1. The van der Waals surface area contributed by atoms with Crippen LogP contribution in [-0.4, -0.2) is 19.1 Å². The number of likely N-dealkylation sites (N-methyl/N-ethyl adjacent to an activating group) is 1. The maximum atomic E-state index is 11.2. The number of aryl methyl sites for hydroxylation is 1. The van der Waals surface area contributed by atoms with E-state index in [9.17, 15) is 4.79 Å². The van der Waals surface area contributed by atoms with Crippen molar-refractivity contribution in [3.8, 4) is 5.75 Å². The molecule has 1 rings (SSSR count). The van der Waals surface area contributed by atoms with Gasteiger partial charge in [-0.15, -0.1) is 0 Å². The summed E-state index contributed by atoms with van der Waals surface area (Å²) in [7, 11) is 1.58. The first-order valence-corrected chi connectivity index (χ1v) is 5.06. The number of carbonyl (C=O) groups is 1. The van der Waals surface area contributed by atoms with E-state index in [1.807, 2.05) is 13.0 Å². The number of hydrogen-bond donors (Lipinski definition) is 1. The monoisotopic (exact) mass is 227 g/mol. The lowest BCUT2D eigenvalue weighted by Crippen LogP contribution is -2.33. The second-order valence-corrected chi connectivity index (χ2v) is 3.69. The molecule has 1 unspecified atom stereocenters. The van der Waals surface area contributed by atoms with Crippen LogP contribution in [0.3, 0.4) is 0 Å². The second kappa shape index (κ2) is 5.03. The fourth-order valence-corrected chi connectivity index (χ4v) is 1.27. The van der Waals surface area contributed by atoms with Gasteiger partial charge in [0.15, 0.2) is 6.10 Å². The lowest BCUT2D eigenvalue weighted by molar-refractivity contribution is -0.126. The molecule has 4 heteroatoms. The molecule has 0 aromatic heterocycles. The summed E-state index contributed by atoms with van der Waals surface area (Å²) >= 11 is 5.87. The van der Waals surface area contributed by atoms with E-state index in [2.05, 4.69) is 5.32 Å². The van der Waals surface area contributed by atoms with Crippen LogP contribution < -0.4 is 10.1 Å². The van der Waals surface area contributed by atoms with Crippen molar-refractivity contribution in [3.05, 3.63) is 28.8 Å². The van der Waals surface area contributed by atoms with Gasteiger partial charge in [-0.2, -0.15) is 0 Å². The highest BCUT2D eigenvalue weighted by atomic mass is 35.5. The van der Waals surface area contributed by atoms with Crippen LogP contribution in [0.25, 0.3) is 0 Å². The molecule has 0 aliphatic rings. The van der Waals surface area contributed by atoms with Crippen molar-refractivity contribution in [2.45, 2.75) is 20.0 Å². The highest BCUT2D eigenvalue weighted by molar-refractivity contribution is 6.31. The molecule has 1 aromatic rings. The van der Waals surface area contributed by atoms with E-state index in [1.54, 1.807) is 26.1 Å². The Labute approximate surface area is 94.4 Å². The molecule has 0 heterocycles. The molecule has 15 heavy (non-hydrogen) atoms. The quantitative estimate of drug-likeness (QED) is 0.860. The molecular weight excluding hydrogens is 214 g/mol. The largest absolute Gasteiger partial charge is 0.481 e. The average molecular weight is 228 g/mol. The Bertz CT molecular complexity index is 366. The molecule has 0 saturated carbocycles. The van der Waals surface area contributed by atoms with Crippen LogP contribution in [0.4, 0.5) is 0 Å². The van der Waals surface area contributed by atoms with E-state index in [4.69, 9.17) is 16.3 Å². The molecule has 0 saturated heterocycles. The van der Waals surface area contributed by atoms with E-state index in [0.29, 0.717) is 10.8 Å². The number of halogens is 1. The molecular formula is C11H14ClNO2. The van der Waals surface area contributed by atoms with E-state index in [-0.39, 0.29) is 5.91 Å². The lowest BCUT2D eigenvalue weighted by Gasteiger charge is -2.13. The topological polar surface area (TPSA) is 38.3 Å². The predicted molar refractivity (Wildman–Crippen MR) is 60.3 cm³/mol. The molecule has 1 atom stereocenters. The van der Waals surface area contributed by atoms with Gasteiger partial charge in [0.2, 0.25) is 0 Å². The number of hydrogen-bond acceptors (Lipinski definition) is 2. The first kappa shape index (κ1) is 11.9. The van der Waals surface area contributed by atoms with Gasteiger partial charge in [0.1, 0.15) is 5.75 Å². The van der Waals surface area contributed by atoms with E-state index >= 15 is 0 Å². The average Bonchev–Trinajstić information content (AvgIpc) is 2.22. The zero-order valence-electron chi connectivity index (χ0n) is 9.00. The summed E-state index contributed by atoms with van der Waals surface area (Å²) in [6.07, 6.45) is -0.504. The van der Waals surface area contributed by atoms with Crippen LogP contribution in [0.1, 0.15) is 12.5 Å². The van der Waals surface area contributed by atoms with Gasteiger partial charge >= 0.3 is 0 Å². The normalized spacial score (nSPS) is 12.0. The lowest BCUT2D eigenvalue weighted by atomic mass is 10.2. The zero-order chi connectivity index (χ0) is 11.4. The first-order valence-electron chi connectivity index (χ1n) is 4.69. The Hall–Kier alpha value is -1.22. The van der Waals surface area contributed by atoms with Crippen molar-refractivity contribution in [1.82, 2.24) is 5.32 Å². The highest BCUT2D eigenvalue weighted by Gasteiger charge is 2.12. The molecule has 0 radical (unpaired) electrons. The Morgan fingerprint density at radius 3 is 2.73 bits per heavy atom. The van der Waals surface area contributed by atoms with Crippen molar-refractivity contribution in [2.24, 2.45) is 0 Å². The number of benzene rings is 1. The van der Waals surface area contributed by atoms with E-state index in [0.717, 1.165) is 5.56 Å². The van der Waals surface area contributed by atoms with Crippen LogP contribution >= 0.6 is 11.6 Å². The van der Waals surface area contributed by atoms with Crippen LogP contribution in [0.15, 0.2) is 18.2 Å². The third kappa shape index (κ3) is 3.13. The fraction of sp³-hybridized carbons (Fsp3) is 0.364. The predicted octanol–water partition coefficient (Wildman–Crippen LogP) is 2.16. The number of nitrogens with one attached hydrogen (secondary N) is 1. The van der Waals surface area contributed by atoms with Crippen LogP contribution in [0.5, 0.6) is 5.75 Å². The molecule has 0 aliphatic carbocycles. The zero-order valence-corrected chi connectivity index (χ0v) is 9.76. The molecule has 1 N–H and O–H groups in total. The summed E-state index contributed by atoms with van der Waals surface area (Å²) in [4.78, 5) is 11.2. The van der Waals surface area contributed by atoms with E-state index < -0.39 is 6.10 Å². The minimum Gasteiger partial charge on any atom is -0.481 e. The van der Waals surface area contributed by atoms with Gasteiger partial charge in [-0.1, -0.05) is 11.6 Å². The van der Waals surface area contributed by atoms with Gasteiger partial charge in [0.25, 0.3) is 5.91 Å². The van der Waals surface area contributed by atoms with Crippen LogP contribution in [0.2, 0.25) is 5.02 Å². The number of carbonyl (C=O) groups excluding carboxylic acids is 1. The van der Waals surface area contributed by atoms with Gasteiger partial charge in [-0.05, 0) is 37.6 Å². The molecule has 0 fully saturated rings. The number of amides is 1. The molecule has 0 aliphatic heterocycles. The molecule has 3 nitrogen and oxygen atoms in total. The van der Waals surface area contributed by atoms with Crippen LogP contribution in [-0.2, 0) is 4.79 Å². The molecule has 0 bridgehead atoms. The Morgan fingerprint density at radius 1 is 1.53 bits per heavy atom. The Kier molecular flexibility index (Phi) is 3.97. The smallest absolute Gasteiger partial charge is 0.260 e. The summed E-state index contributed by atoms with van der Waals surface area (Å²) in [5.74, 6) is 0.496. The molecule has 0 spiro atoms. The van der Waals surface area contributed by atoms with Gasteiger partial charge in [-0.25, -0.2) is 0 Å². The fourth-order valence-electron chi connectivity index (χ4n) is 1.15. The minimum atomic E-state index is -0.504. The summed E-state index contributed by atoms with van der Waals surface area (Å²) in [5.41, 5.74) is 0.929. The van der Waals surface area contributed by atoms with E-state index in [1.165, 1.54) is 0 Å². The van der Waals surface area contributed by atoms with Crippen LogP contribution in [0, 0.1) is 6.92 Å². The van der Waals surface area contributed by atoms with Gasteiger partial charge < -0.3 is 10.1 Å². The third-order valence-corrected chi connectivity index (χ3v) is 2.48. The minimum absolute atomic E-state index is 0.150. The van der Waals surface area contributed by atoms with Gasteiger partial charge in [0.05, 0.1) is 0 Å². The Morgan fingerprint density at radius 2 is 2.20 bits per heavy atom. The summed E-state index contributed by atoms with van der Waals surface area (Å²) in [6, 6.07) is 5.30. The van der Waals surface area contributed by atoms with Crippen molar-refractivity contribution in [3.63, 3.8) is 0 Å². The van der Waals surface area contributed by atoms with Gasteiger partial charge in [0, 0.05) is 12.1 Å².